The maximum Gasteiger partial charge on any atom is 0.340 e. The van der Waals surface area contributed by atoms with E-state index in [0.29, 0.717) is 34.9 Å². The maximum absolute atomic E-state index is 12.3. The van der Waals surface area contributed by atoms with E-state index in [2.05, 4.69) is 14.7 Å². The Hall–Kier alpha value is -3.54. The van der Waals surface area contributed by atoms with Gasteiger partial charge in [0.2, 0.25) is 12.2 Å². The summed E-state index contributed by atoms with van der Waals surface area (Å²) >= 11 is 0. The van der Waals surface area contributed by atoms with Gasteiger partial charge in [-0.25, -0.2) is 42.7 Å². The Morgan fingerprint density at radius 3 is 2.12 bits per heavy atom. The lowest BCUT2D eigenvalue weighted by Crippen LogP contribution is -2.54. The SMILES string of the molecule is N#COCn1c(=O)n(CCCCCCN=C=O)c(=O)n(CN=C=O)c1=O. The van der Waals surface area contributed by atoms with Crippen LogP contribution in [0.5, 0.6) is 0 Å². The van der Waals surface area contributed by atoms with Crippen LogP contribution in [-0.4, -0.2) is 32.4 Å². The molecular weight excluding hydrogens is 348 g/mol. The van der Waals surface area contributed by atoms with Gasteiger partial charge in [-0.15, -0.1) is 0 Å². The molecule has 0 N–H and O–H groups in total. The second-order valence-electron chi connectivity index (χ2n) is 5.00. The first-order chi connectivity index (χ1) is 12.6. The number of unbranched alkanes of at least 4 members (excludes halogenated alkanes) is 3. The van der Waals surface area contributed by atoms with Crippen LogP contribution in [0.4, 0.5) is 0 Å². The molecule has 0 atom stereocenters. The molecule has 0 aromatic carbocycles. The van der Waals surface area contributed by atoms with Gasteiger partial charge in [-0.2, -0.15) is 10.3 Å². The molecule has 0 saturated heterocycles. The van der Waals surface area contributed by atoms with E-state index in [-0.39, 0.29) is 6.54 Å². The van der Waals surface area contributed by atoms with Crippen LogP contribution in [0.1, 0.15) is 25.7 Å². The van der Waals surface area contributed by atoms with E-state index in [1.165, 1.54) is 18.4 Å². The first-order valence-electron chi connectivity index (χ1n) is 7.61. The molecule has 0 fully saturated rings. The molecule has 1 aromatic heterocycles. The fourth-order valence-corrected chi connectivity index (χ4v) is 2.16. The number of carbonyl (C=O) groups excluding carboxylic acids is 2. The van der Waals surface area contributed by atoms with Gasteiger partial charge in [0.15, 0.2) is 6.73 Å². The summed E-state index contributed by atoms with van der Waals surface area (Å²) in [5.41, 5.74) is -2.89. The number of aromatic nitrogens is 3. The molecule has 1 heterocycles. The number of nitrogens with zero attached hydrogens (tertiary/aromatic N) is 6. The monoisotopic (exact) mass is 364 g/mol. The molecule has 0 aliphatic rings. The number of hydrogen-bond acceptors (Lipinski definition) is 9. The van der Waals surface area contributed by atoms with Crippen molar-refractivity contribution in [1.29, 1.82) is 5.26 Å². The van der Waals surface area contributed by atoms with E-state index < -0.39 is 30.5 Å². The first-order valence-corrected chi connectivity index (χ1v) is 7.61. The summed E-state index contributed by atoms with van der Waals surface area (Å²) in [4.78, 5) is 63.5. The van der Waals surface area contributed by atoms with Crippen LogP contribution in [0.25, 0.3) is 0 Å². The van der Waals surface area contributed by atoms with Crippen molar-refractivity contribution in [2.24, 2.45) is 9.98 Å². The molecule has 12 nitrogen and oxygen atoms in total. The second kappa shape index (κ2) is 11.1. The minimum atomic E-state index is -1.04. The first kappa shape index (κ1) is 20.5. The summed E-state index contributed by atoms with van der Waals surface area (Å²) in [7, 11) is 0. The van der Waals surface area contributed by atoms with Crippen LogP contribution in [-0.2, 0) is 34.3 Å². The molecule has 26 heavy (non-hydrogen) atoms. The van der Waals surface area contributed by atoms with Crippen molar-refractivity contribution in [1.82, 2.24) is 13.7 Å². The highest BCUT2D eigenvalue weighted by atomic mass is 16.5. The Kier molecular flexibility index (Phi) is 8.75. The van der Waals surface area contributed by atoms with E-state index in [1.54, 1.807) is 0 Å². The quantitative estimate of drug-likeness (QED) is 0.207. The van der Waals surface area contributed by atoms with E-state index in [4.69, 9.17) is 5.26 Å². The number of isocyanates is 2. The summed E-state index contributed by atoms with van der Waals surface area (Å²) in [6, 6.07) is 0. The Balaban J connectivity index is 3.05. The van der Waals surface area contributed by atoms with E-state index in [9.17, 15) is 24.0 Å². The predicted molar refractivity (Wildman–Crippen MR) is 85.5 cm³/mol. The van der Waals surface area contributed by atoms with Crippen LogP contribution in [0.3, 0.4) is 0 Å². The molecule has 0 aliphatic heterocycles. The van der Waals surface area contributed by atoms with Gasteiger partial charge in [0.05, 0.1) is 6.54 Å². The molecule has 138 valence electrons. The maximum atomic E-state index is 12.3. The van der Waals surface area contributed by atoms with Crippen LogP contribution in [0, 0.1) is 11.5 Å². The van der Waals surface area contributed by atoms with E-state index in [1.807, 2.05) is 0 Å². The van der Waals surface area contributed by atoms with Crippen molar-refractivity contribution in [3.8, 4) is 6.26 Å². The Morgan fingerprint density at radius 1 is 0.846 bits per heavy atom. The fraction of sp³-hybridized carbons (Fsp3) is 0.571. The van der Waals surface area contributed by atoms with Gasteiger partial charge in [-0.3, -0.25) is 0 Å². The normalized spacial score (nSPS) is 9.65. The van der Waals surface area contributed by atoms with Crippen molar-refractivity contribution >= 4 is 12.2 Å². The molecule has 0 amide bonds. The van der Waals surface area contributed by atoms with E-state index in [0.717, 1.165) is 11.0 Å². The minimum absolute atomic E-state index is 0.0201. The van der Waals surface area contributed by atoms with Crippen LogP contribution < -0.4 is 17.1 Å². The van der Waals surface area contributed by atoms with Gasteiger partial charge < -0.3 is 4.74 Å². The molecule has 0 bridgehead atoms. The van der Waals surface area contributed by atoms with Crippen molar-refractivity contribution in [3.05, 3.63) is 31.5 Å². The summed E-state index contributed by atoms with van der Waals surface area (Å²) in [5.74, 6) is 0. The fourth-order valence-electron chi connectivity index (χ4n) is 2.16. The average Bonchev–Trinajstić information content (AvgIpc) is 2.63. The summed E-state index contributed by atoms with van der Waals surface area (Å²) in [6.07, 6.45) is 6.46. The number of hydrogen-bond donors (Lipinski definition) is 0. The molecule has 1 rings (SSSR count). The molecule has 0 unspecified atom stereocenters. The lowest BCUT2D eigenvalue weighted by atomic mass is 10.2. The number of rotatable bonds is 11. The van der Waals surface area contributed by atoms with Gasteiger partial charge in [0, 0.05) is 6.54 Å². The van der Waals surface area contributed by atoms with Crippen molar-refractivity contribution in [2.75, 3.05) is 6.54 Å². The lowest BCUT2D eigenvalue weighted by Gasteiger charge is -2.11. The molecule has 0 spiro atoms. The predicted octanol–water partition coefficient (Wildman–Crippen LogP) is -1.18. The lowest BCUT2D eigenvalue weighted by molar-refractivity contribution is 0.175. The molecule has 0 saturated carbocycles. The number of aliphatic imine (C=N–C) groups is 2. The largest absolute Gasteiger partial charge is 0.405 e. The molecule has 12 heteroatoms. The van der Waals surface area contributed by atoms with Crippen molar-refractivity contribution < 1.29 is 14.3 Å². The Labute approximate surface area is 146 Å². The molecular formula is C14H16N6O6. The highest BCUT2D eigenvalue weighted by Crippen LogP contribution is 2.00. The van der Waals surface area contributed by atoms with Gasteiger partial charge in [0.25, 0.3) is 6.26 Å². The standard InChI is InChI=1S/C14H16N6O6/c15-7-26-11-20-13(24)18(6-4-2-1-3-5-16-9-21)12(23)19(14(20)25)8-17-10-22/h1-6,8,11H2. The molecule has 0 radical (unpaired) electrons. The highest BCUT2D eigenvalue weighted by Gasteiger charge is 2.15. The van der Waals surface area contributed by atoms with E-state index >= 15 is 0 Å². The molecule has 1 aromatic rings. The second-order valence-corrected chi connectivity index (χ2v) is 5.00. The topological polar surface area (TPSA) is 158 Å². The van der Waals surface area contributed by atoms with Gasteiger partial charge in [-0.05, 0) is 12.8 Å². The summed E-state index contributed by atoms with van der Waals surface area (Å²) < 4.78 is 6.35. The van der Waals surface area contributed by atoms with Crippen molar-refractivity contribution in [2.45, 2.75) is 45.6 Å². The minimum Gasteiger partial charge on any atom is -0.405 e. The zero-order chi connectivity index (χ0) is 19.4. The van der Waals surface area contributed by atoms with Crippen LogP contribution >= 0.6 is 0 Å². The van der Waals surface area contributed by atoms with Crippen LogP contribution in [0.2, 0.25) is 0 Å². The summed E-state index contributed by atoms with van der Waals surface area (Å²) in [5, 5.41) is 8.44. The summed E-state index contributed by atoms with van der Waals surface area (Å²) in [6.45, 7) is -0.886. The third kappa shape index (κ3) is 5.52. The third-order valence-electron chi connectivity index (χ3n) is 3.39. The number of nitriles is 1. The smallest absolute Gasteiger partial charge is 0.340 e. The molecule has 0 aliphatic carbocycles. The van der Waals surface area contributed by atoms with Crippen molar-refractivity contribution in [3.63, 3.8) is 0 Å². The van der Waals surface area contributed by atoms with Gasteiger partial charge in [0.1, 0.15) is 6.67 Å². The Morgan fingerprint density at radius 2 is 1.46 bits per heavy atom. The Bertz CT molecular complexity index is 923. The highest BCUT2D eigenvalue weighted by molar-refractivity contribution is 5.32. The zero-order valence-corrected chi connectivity index (χ0v) is 13.8. The third-order valence-corrected chi connectivity index (χ3v) is 3.39. The van der Waals surface area contributed by atoms with Gasteiger partial charge >= 0.3 is 17.1 Å². The number of ether oxygens (including phenoxy) is 1. The van der Waals surface area contributed by atoms with Gasteiger partial charge in [-0.1, -0.05) is 12.8 Å². The van der Waals surface area contributed by atoms with Crippen LogP contribution in [0.15, 0.2) is 24.4 Å². The average molecular weight is 364 g/mol. The zero-order valence-electron chi connectivity index (χ0n) is 13.8.